The predicted molar refractivity (Wildman–Crippen MR) is 49.4 cm³/mol. The molecular formula is C10H20N. The van der Waals surface area contributed by atoms with E-state index in [1.807, 2.05) is 0 Å². The maximum absolute atomic E-state index is 2.58. The van der Waals surface area contributed by atoms with E-state index in [0.29, 0.717) is 0 Å². The van der Waals surface area contributed by atoms with Gasteiger partial charge in [0.15, 0.2) is 0 Å². The minimum Gasteiger partial charge on any atom is -0.303 e. The molecule has 0 aromatic rings. The fourth-order valence-corrected chi connectivity index (χ4v) is 1.47. The SMILES string of the molecule is CC(C)CCN1CC[CH]CC1. The summed E-state index contributed by atoms with van der Waals surface area (Å²) < 4.78 is 0. The molecule has 1 heteroatoms. The van der Waals surface area contributed by atoms with Crippen LogP contribution in [0.5, 0.6) is 0 Å². The van der Waals surface area contributed by atoms with Crippen molar-refractivity contribution in [1.82, 2.24) is 4.90 Å². The minimum atomic E-state index is 0.862. The Labute approximate surface area is 70.8 Å². The van der Waals surface area contributed by atoms with Crippen molar-refractivity contribution >= 4 is 0 Å². The van der Waals surface area contributed by atoms with E-state index in [4.69, 9.17) is 0 Å². The second-order valence-electron chi connectivity index (χ2n) is 3.89. The first kappa shape index (κ1) is 9.05. The molecule has 1 saturated heterocycles. The van der Waals surface area contributed by atoms with E-state index in [0.717, 1.165) is 5.92 Å². The molecule has 1 fully saturated rings. The van der Waals surface area contributed by atoms with Crippen molar-refractivity contribution in [1.29, 1.82) is 0 Å². The van der Waals surface area contributed by atoms with E-state index in [2.05, 4.69) is 25.2 Å². The van der Waals surface area contributed by atoms with Crippen LogP contribution in [0.15, 0.2) is 0 Å². The highest BCUT2D eigenvalue weighted by Crippen LogP contribution is 2.09. The zero-order valence-corrected chi connectivity index (χ0v) is 7.84. The van der Waals surface area contributed by atoms with E-state index in [-0.39, 0.29) is 0 Å². The van der Waals surface area contributed by atoms with Gasteiger partial charge < -0.3 is 4.90 Å². The lowest BCUT2D eigenvalue weighted by Gasteiger charge is -2.26. The van der Waals surface area contributed by atoms with Crippen LogP contribution in [-0.4, -0.2) is 24.5 Å². The number of hydrogen-bond acceptors (Lipinski definition) is 1. The number of rotatable bonds is 3. The van der Waals surface area contributed by atoms with E-state index in [1.54, 1.807) is 0 Å². The number of likely N-dealkylation sites (tertiary alicyclic amines) is 1. The molecule has 0 atom stereocenters. The van der Waals surface area contributed by atoms with Crippen molar-refractivity contribution in [2.24, 2.45) is 5.92 Å². The fourth-order valence-electron chi connectivity index (χ4n) is 1.47. The first-order valence-electron chi connectivity index (χ1n) is 4.83. The molecule has 0 unspecified atom stereocenters. The summed E-state index contributed by atoms with van der Waals surface area (Å²) in [5.41, 5.74) is 0. The van der Waals surface area contributed by atoms with Gasteiger partial charge in [-0.3, -0.25) is 0 Å². The predicted octanol–water partition coefficient (Wildman–Crippen LogP) is 2.33. The molecule has 65 valence electrons. The summed E-state index contributed by atoms with van der Waals surface area (Å²) >= 11 is 0. The Hall–Kier alpha value is -0.0400. The molecule has 0 N–H and O–H groups in total. The second kappa shape index (κ2) is 4.76. The Morgan fingerprint density at radius 1 is 1.27 bits per heavy atom. The standard InChI is InChI=1S/C10H20N/c1-10(2)6-9-11-7-4-3-5-8-11/h3,10H,4-9H2,1-2H3. The highest BCUT2D eigenvalue weighted by Gasteiger charge is 2.09. The van der Waals surface area contributed by atoms with Crippen molar-refractivity contribution in [3.8, 4) is 0 Å². The van der Waals surface area contributed by atoms with Crippen LogP contribution in [0.1, 0.15) is 33.1 Å². The van der Waals surface area contributed by atoms with Gasteiger partial charge in [0.1, 0.15) is 0 Å². The summed E-state index contributed by atoms with van der Waals surface area (Å²) in [6, 6.07) is 0. The third-order valence-electron chi connectivity index (χ3n) is 2.32. The maximum atomic E-state index is 2.58. The number of nitrogens with zero attached hydrogens (tertiary/aromatic N) is 1. The summed E-state index contributed by atoms with van der Waals surface area (Å²) in [5.74, 6) is 0.862. The largest absolute Gasteiger partial charge is 0.303 e. The Bertz CT molecular complexity index is 93.0. The third kappa shape index (κ3) is 3.76. The summed E-state index contributed by atoms with van der Waals surface area (Å²) in [6.07, 6.45) is 6.38. The molecule has 0 aromatic carbocycles. The van der Waals surface area contributed by atoms with Gasteiger partial charge >= 0.3 is 0 Å². The lowest BCUT2D eigenvalue weighted by molar-refractivity contribution is 0.240. The van der Waals surface area contributed by atoms with E-state index in [9.17, 15) is 0 Å². The number of hydrogen-bond donors (Lipinski definition) is 0. The molecule has 11 heavy (non-hydrogen) atoms. The molecule has 1 radical (unpaired) electrons. The molecule has 0 aliphatic carbocycles. The minimum absolute atomic E-state index is 0.862. The molecular weight excluding hydrogens is 134 g/mol. The van der Waals surface area contributed by atoms with E-state index in [1.165, 1.54) is 38.9 Å². The summed E-state index contributed by atoms with van der Waals surface area (Å²) in [5, 5.41) is 0. The van der Waals surface area contributed by atoms with Gasteiger partial charge in [0, 0.05) is 0 Å². The van der Waals surface area contributed by atoms with Crippen LogP contribution in [0.3, 0.4) is 0 Å². The average molecular weight is 154 g/mol. The van der Waals surface area contributed by atoms with Crippen molar-refractivity contribution in [2.45, 2.75) is 33.1 Å². The number of piperidine rings is 1. The van der Waals surface area contributed by atoms with Crippen LogP contribution in [0.4, 0.5) is 0 Å². The molecule has 0 aromatic heterocycles. The van der Waals surface area contributed by atoms with Crippen molar-refractivity contribution in [2.75, 3.05) is 19.6 Å². The smallest absolute Gasteiger partial charge is 0.00160 e. The molecule has 1 rings (SSSR count). The quantitative estimate of drug-likeness (QED) is 0.603. The zero-order chi connectivity index (χ0) is 8.10. The second-order valence-corrected chi connectivity index (χ2v) is 3.89. The average Bonchev–Trinajstić information content (AvgIpc) is 2.03. The van der Waals surface area contributed by atoms with Crippen LogP contribution in [-0.2, 0) is 0 Å². The Morgan fingerprint density at radius 2 is 1.91 bits per heavy atom. The van der Waals surface area contributed by atoms with Gasteiger partial charge in [-0.05, 0) is 51.2 Å². The summed E-state index contributed by atoms with van der Waals surface area (Å²) in [4.78, 5) is 2.58. The summed E-state index contributed by atoms with van der Waals surface area (Å²) in [6.45, 7) is 8.51. The van der Waals surface area contributed by atoms with Crippen molar-refractivity contribution in [3.63, 3.8) is 0 Å². The first-order valence-corrected chi connectivity index (χ1v) is 4.83. The lowest BCUT2D eigenvalue weighted by Crippen LogP contribution is -2.31. The monoisotopic (exact) mass is 154 g/mol. The van der Waals surface area contributed by atoms with Gasteiger partial charge in [0.05, 0.1) is 0 Å². The molecule has 1 nitrogen and oxygen atoms in total. The lowest BCUT2D eigenvalue weighted by atomic mass is 10.1. The van der Waals surface area contributed by atoms with Crippen molar-refractivity contribution < 1.29 is 0 Å². The topological polar surface area (TPSA) is 3.24 Å². The van der Waals surface area contributed by atoms with Crippen LogP contribution < -0.4 is 0 Å². The Balaban J connectivity index is 2.05. The van der Waals surface area contributed by atoms with E-state index < -0.39 is 0 Å². The molecule has 0 amide bonds. The third-order valence-corrected chi connectivity index (χ3v) is 2.32. The molecule has 0 spiro atoms. The van der Waals surface area contributed by atoms with Gasteiger partial charge in [-0.25, -0.2) is 0 Å². The maximum Gasteiger partial charge on any atom is -0.00160 e. The van der Waals surface area contributed by atoms with Crippen molar-refractivity contribution in [3.05, 3.63) is 6.42 Å². The Kier molecular flexibility index (Phi) is 3.92. The van der Waals surface area contributed by atoms with Gasteiger partial charge in [-0.15, -0.1) is 0 Å². The molecule has 1 aliphatic rings. The molecule has 0 bridgehead atoms. The van der Waals surface area contributed by atoms with E-state index >= 15 is 0 Å². The fraction of sp³-hybridized carbons (Fsp3) is 0.900. The van der Waals surface area contributed by atoms with Gasteiger partial charge in [0.25, 0.3) is 0 Å². The highest BCUT2D eigenvalue weighted by atomic mass is 15.1. The summed E-state index contributed by atoms with van der Waals surface area (Å²) in [7, 11) is 0. The van der Waals surface area contributed by atoms with Gasteiger partial charge in [0.2, 0.25) is 0 Å². The van der Waals surface area contributed by atoms with Gasteiger partial charge in [-0.2, -0.15) is 0 Å². The van der Waals surface area contributed by atoms with Crippen LogP contribution >= 0.6 is 0 Å². The van der Waals surface area contributed by atoms with Gasteiger partial charge in [-0.1, -0.05) is 13.8 Å². The van der Waals surface area contributed by atoms with Crippen LogP contribution in [0, 0.1) is 12.3 Å². The normalized spacial score (nSPS) is 21.0. The highest BCUT2D eigenvalue weighted by molar-refractivity contribution is 4.76. The van der Waals surface area contributed by atoms with Crippen LogP contribution in [0.2, 0.25) is 0 Å². The zero-order valence-electron chi connectivity index (χ0n) is 7.84. The molecule has 1 aliphatic heterocycles. The Morgan fingerprint density at radius 3 is 2.45 bits per heavy atom. The molecule has 0 saturated carbocycles. The first-order chi connectivity index (χ1) is 5.29. The van der Waals surface area contributed by atoms with Crippen LogP contribution in [0.25, 0.3) is 0 Å². The molecule has 1 heterocycles.